The molecule has 0 aliphatic carbocycles. The highest BCUT2D eigenvalue weighted by Gasteiger charge is 2.35. The van der Waals surface area contributed by atoms with Gasteiger partial charge >= 0.3 is 0 Å². The number of nitrogens with zero attached hydrogens (tertiary/aromatic N) is 6. The fraction of sp³-hybridized carbons (Fsp3) is 0.250. The highest BCUT2D eigenvalue weighted by molar-refractivity contribution is 5.91. The van der Waals surface area contributed by atoms with E-state index in [1.165, 1.54) is 17.0 Å². The van der Waals surface area contributed by atoms with Gasteiger partial charge in [-0.3, -0.25) is 9.48 Å². The molecule has 1 atom stereocenters. The maximum atomic E-state index is 13.8. The minimum Gasteiger partial charge on any atom is -0.314 e. The van der Waals surface area contributed by atoms with Crippen molar-refractivity contribution in [2.24, 2.45) is 12.8 Å². The van der Waals surface area contributed by atoms with E-state index >= 15 is 0 Å². The Morgan fingerprint density at radius 2 is 1.82 bits per heavy atom. The second-order valence-electron chi connectivity index (χ2n) is 8.14. The lowest BCUT2D eigenvalue weighted by Crippen LogP contribution is -2.44. The first kappa shape index (κ1) is 21.9. The van der Waals surface area contributed by atoms with Crippen LogP contribution in [0.15, 0.2) is 48.5 Å². The second-order valence-corrected chi connectivity index (χ2v) is 8.14. The molecule has 0 bridgehead atoms. The molecular weight excluding hydrogens is 440 g/mol. The molecule has 0 spiro atoms. The molecule has 174 valence electrons. The van der Waals surface area contributed by atoms with Crippen LogP contribution in [0.25, 0.3) is 16.9 Å². The molecule has 0 unspecified atom stereocenters. The van der Waals surface area contributed by atoms with Gasteiger partial charge < -0.3 is 10.6 Å². The van der Waals surface area contributed by atoms with Gasteiger partial charge in [0.1, 0.15) is 29.3 Å². The van der Waals surface area contributed by atoms with E-state index in [9.17, 15) is 13.6 Å². The lowest BCUT2D eigenvalue weighted by molar-refractivity contribution is 0.0649. The quantitative estimate of drug-likeness (QED) is 0.502. The molecule has 8 nitrogen and oxygen atoms in total. The summed E-state index contributed by atoms with van der Waals surface area (Å²) in [5.74, 6) is -1.02. The monoisotopic (exact) mass is 463 g/mol. The van der Waals surface area contributed by atoms with Gasteiger partial charge in [-0.25, -0.2) is 18.4 Å². The second kappa shape index (κ2) is 8.45. The van der Waals surface area contributed by atoms with Gasteiger partial charge in [-0.05, 0) is 30.7 Å². The predicted molar refractivity (Wildman–Crippen MR) is 121 cm³/mol. The average molecular weight is 463 g/mol. The summed E-state index contributed by atoms with van der Waals surface area (Å²) in [6, 6.07) is 12.8. The fourth-order valence-corrected chi connectivity index (χ4v) is 4.44. The summed E-state index contributed by atoms with van der Waals surface area (Å²) in [6.45, 7) is 2.24. The molecule has 0 radical (unpaired) electrons. The van der Waals surface area contributed by atoms with E-state index < -0.39 is 23.7 Å². The zero-order valence-electron chi connectivity index (χ0n) is 18.7. The number of aromatic nitrogens is 5. The first-order valence-electron chi connectivity index (χ1n) is 11.0. The van der Waals surface area contributed by atoms with Crippen LogP contribution >= 0.6 is 0 Å². The van der Waals surface area contributed by atoms with Crippen LogP contribution < -0.4 is 5.73 Å². The SMILES string of the molecule is CCc1nc(C(=O)N2CCc3c(nn(C)c3-c3cc(F)cc(F)c3)[C@@H]2N)nn1-c1ccccc1. The number of aryl methyl sites for hydroxylation is 2. The number of benzene rings is 2. The molecule has 2 aromatic carbocycles. The van der Waals surface area contributed by atoms with Gasteiger partial charge in [0.2, 0.25) is 5.82 Å². The van der Waals surface area contributed by atoms with Gasteiger partial charge in [0.25, 0.3) is 5.91 Å². The molecule has 1 aliphatic heterocycles. The lowest BCUT2D eigenvalue weighted by atomic mass is 9.98. The number of carbonyl (C=O) groups excluding carboxylic acids is 1. The van der Waals surface area contributed by atoms with Crippen molar-refractivity contribution in [2.75, 3.05) is 6.54 Å². The molecule has 2 N–H and O–H groups in total. The Bertz CT molecular complexity index is 1360. The van der Waals surface area contributed by atoms with Gasteiger partial charge in [0.05, 0.1) is 11.4 Å². The third-order valence-corrected chi connectivity index (χ3v) is 5.97. The van der Waals surface area contributed by atoms with Crippen molar-refractivity contribution in [3.05, 3.63) is 83.1 Å². The largest absolute Gasteiger partial charge is 0.314 e. The summed E-state index contributed by atoms with van der Waals surface area (Å²) in [4.78, 5) is 19.3. The molecule has 0 saturated heterocycles. The van der Waals surface area contributed by atoms with Crippen molar-refractivity contribution in [1.82, 2.24) is 29.4 Å². The lowest BCUT2D eigenvalue weighted by Gasteiger charge is -2.31. The zero-order chi connectivity index (χ0) is 24.0. The van der Waals surface area contributed by atoms with Crippen molar-refractivity contribution in [3.63, 3.8) is 0 Å². The minimum atomic E-state index is -0.844. The molecule has 5 rings (SSSR count). The molecular formula is C24H23F2N7O. The topological polar surface area (TPSA) is 94.9 Å². The van der Waals surface area contributed by atoms with E-state index in [2.05, 4.69) is 15.2 Å². The van der Waals surface area contributed by atoms with Crippen LogP contribution in [0.4, 0.5) is 8.78 Å². The van der Waals surface area contributed by atoms with Crippen LogP contribution in [0.2, 0.25) is 0 Å². The number of halogens is 2. The normalized spacial score (nSPS) is 15.4. The summed E-state index contributed by atoms with van der Waals surface area (Å²) < 4.78 is 30.9. The Kier molecular flexibility index (Phi) is 5.45. The number of hydrogen-bond acceptors (Lipinski definition) is 5. The number of nitrogens with two attached hydrogens (primary N) is 1. The average Bonchev–Trinajstić information content (AvgIpc) is 3.40. The molecule has 0 saturated carbocycles. The molecule has 4 aromatic rings. The highest BCUT2D eigenvalue weighted by Crippen LogP contribution is 2.34. The zero-order valence-corrected chi connectivity index (χ0v) is 18.7. The van der Waals surface area contributed by atoms with Crippen LogP contribution in [-0.2, 0) is 19.9 Å². The fourth-order valence-electron chi connectivity index (χ4n) is 4.44. The number of fused-ring (bicyclic) bond motifs is 1. The summed E-state index contributed by atoms with van der Waals surface area (Å²) in [5, 5.41) is 8.94. The molecule has 1 aliphatic rings. The number of para-hydroxylation sites is 1. The summed E-state index contributed by atoms with van der Waals surface area (Å²) in [6.07, 6.45) is 0.179. The highest BCUT2D eigenvalue weighted by atomic mass is 19.1. The van der Waals surface area contributed by atoms with Crippen molar-refractivity contribution in [2.45, 2.75) is 25.9 Å². The van der Waals surface area contributed by atoms with E-state index in [1.807, 2.05) is 37.3 Å². The van der Waals surface area contributed by atoms with Gasteiger partial charge in [-0.1, -0.05) is 25.1 Å². The van der Waals surface area contributed by atoms with Crippen molar-refractivity contribution < 1.29 is 13.6 Å². The van der Waals surface area contributed by atoms with E-state index in [4.69, 9.17) is 5.73 Å². The number of rotatable bonds is 4. The standard InChI is InChI=1S/C24H23F2N7O/c1-3-19-28-23(30-33(19)17-7-5-4-6-8-17)24(34)32-10-9-18-20(22(32)27)29-31(2)21(18)14-11-15(25)13-16(26)12-14/h4-8,11-13,22H,3,9-10,27H2,1-2H3/t22-/m1/s1. The van der Waals surface area contributed by atoms with Crippen LogP contribution in [-0.4, -0.2) is 41.9 Å². The van der Waals surface area contributed by atoms with E-state index in [-0.39, 0.29) is 5.82 Å². The molecule has 10 heteroatoms. The minimum absolute atomic E-state index is 0.0583. The van der Waals surface area contributed by atoms with Crippen molar-refractivity contribution >= 4 is 5.91 Å². The van der Waals surface area contributed by atoms with Crippen LogP contribution in [0, 0.1) is 11.6 Å². The van der Waals surface area contributed by atoms with Crippen LogP contribution in [0.3, 0.4) is 0 Å². The van der Waals surface area contributed by atoms with Gasteiger partial charge in [0.15, 0.2) is 0 Å². The Balaban J connectivity index is 1.48. The smallest absolute Gasteiger partial charge is 0.295 e. The van der Waals surface area contributed by atoms with E-state index in [0.717, 1.165) is 17.3 Å². The van der Waals surface area contributed by atoms with Crippen molar-refractivity contribution in [1.29, 1.82) is 0 Å². The van der Waals surface area contributed by atoms with Gasteiger partial charge in [0, 0.05) is 37.2 Å². The van der Waals surface area contributed by atoms with Crippen molar-refractivity contribution in [3.8, 4) is 16.9 Å². The summed E-state index contributed by atoms with van der Waals surface area (Å²) in [5.41, 5.74) is 9.47. The number of hydrogen-bond donors (Lipinski definition) is 1. The summed E-state index contributed by atoms with van der Waals surface area (Å²) >= 11 is 0. The third kappa shape index (κ3) is 3.65. The molecule has 3 heterocycles. The Morgan fingerprint density at radius 3 is 2.50 bits per heavy atom. The number of carbonyl (C=O) groups is 1. The number of amides is 1. The predicted octanol–water partition coefficient (Wildman–Crippen LogP) is 3.16. The molecule has 34 heavy (non-hydrogen) atoms. The first-order valence-corrected chi connectivity index (χ1v) is 11.0. The Morgan fingerprint density at radius 1 is 1.12 bits per heavy atom. The van der Waals surface area contributed by atoms with Gasteiger partial charge in [-0.15, -0.1) is 5.10 Å². The first-order chi connectivity index (χ1) is 16.4. The maximum absolute atomic E-state index is 13.8. The third-order valence-electron chi connectivity index (χ3n) is 5.97. The molecule has 1 amide bonds. The Hall–Kier alpha value is -3.92. The maximum Gasteiger partial charge on any atom is 0.295 e. The van der Waals surface area contributed by atoms with Crippen LogP contribution in [0.1, 0.15) is 40.8 Å². The molecule has 0 fully saturated rings. The molecule has 2 aromatic heterocycles. The van der Waals surface area contributed by atoms with Crippen LogP contribution in [0.5, 0.6) is 0 Å². The Labute approximate surface area is 194 Å². The van der Waals surface area contributed by atoms with Gasteiger partial charge in [-0.2, -0.15) is 5.10 Å². The summed E-state index contributed by atoms with van der Waals surface area (Å²) in [7, 11) is 1.69. The van der Waals surface area contributed by atoms with E-state index in [1.54, 1.807) is 16.4 Å². The van der Waals surface area contributed by atoms with E-state index in [0.29, 0.717) is 42.2 Å².